The van der Waals surface area contributed by atoms with E-state index in [2.05, 4.69) is 21.5 Å². The van der Waals surface area contributed by atoms with Gasteiger partial charge in [-0.25, -0.2) is 4.98 Å². The standard InChI is InChI=1S/C21H26N4O3S/c1-7-25(10-18(26)22-11(2)3)21(27)16-9-17(15-8-12(4)29-14(15)6)23-20-19(16)13(5)24-28-20/h8-9,11H,7,10H2,1-6H3,(H,22,26). The van der Waals surface area contributed by atoms with Gasteiger partial charge in [0.05, 0.1) is 28.9 Å². The number of aryl methyl sites for hydroxylation is 3. The van der Waals surface area contributed by atoms with Crippen molar-refractivity contribution in [3.05, 3.63) is 33.1 Å². The van der Waals surface area contributed by atoms with Crippen LogP contribution < -0.4 is 5.32 Å². The molecule has 0 aromatic carbocycles. The summed E-state index contributed by atoms with van der Waals surface area (Å²) in [6, 6.07) is 3.85. The molecule has 3 aromatic heterocycles. The molecule has 7 nitrogen and oxygen atoms in total. The Morgan fingerprint density at radius 2 is 1.97 bits per heavy atom. The SMILES string of the molecule is CCN(CC(=O)NC(C)C)C(=O)c1cc(-c2cc(C)sc2C)nc2onc(C)c12. The largest absolute Gasteiger partial charge is 0.352 e. The number of hydrogen-bond acceptors (Lipinski definition) is 6. The van der Waals surface area contributed by atoms with E-state index in [1.807, 2.05) is 34.6 Å². The van der Waals surface area contributed by atoms with Crippen molar-refractivity contribution in [1.82, 2.24) is 20.4 Å². The van der Waals surface area contributed by atoms with Crippen molar-refractivity contribution in [3.63, 3.8) is 0 Å². The Morgan fingerprint density at radius 1 is 1.24 bits per heavy atom. The molecule has 0 atom stereocenters. The summed E-state index contributed by atoms with van der Waals surface area (Å²) in [6.45, 7) is 11.9. The van der Waals surface area contributed by atoms with Crippen molar-refractivity contribution in [2.75, 3.05) is 13.1 Å². The fourth-order valence-electron chi connectivity index (χ4n) is 3.33. The second kappa shape index (κ2) is 8.32. The molecule has 1 N–H and O–H groups in total. The molecule has 8 heteroatoms. The van der Waals surface area contributed by atoms with Gasteiger partial charge in [0, 0.05) is 27.9 Å². The highest BCUT2D eigenvalue weighted by molar-refractivity contribution is 7.12. The first-order valence-electron chi connectivity index (χ1n) is 9.64. The van der Waals surface area contributed by atoms with Crippen LogP contribution in [0.5, 0.6) is 0 Å². The van der Waals surface area contributed by atoms with Gasteiger partial charge >= 0.3 is 0 Å². The van der Waals surface area contributed by atoms with Crippen LogP contribution in [-0.2, 0) is 4.79 Å². The van der Waals surface area contributed by atoms with Crippen LogP contribution in [0.15, 0.2) is 16.7 Å². The van der Waals surface area contributed by atoms with Crippen molar-refractivity contribution >= 4 is 34.3 Å². The van der Waals surface area contributed by atoms with Gasteiger partial charge in [0.1, 0.15) is 0 Å². The van der Waals surface area contributed by atoms with E-state index in [4.69, 9.17) is 4.52 Å². The number of amides is 2. The quantitative estimate of drug-likeness (QED) is 0.662. The minimum absolute atomic E-state index is 0.00637. The van der Waals surface area contributed by atoms with Gasteiger partial charge in [-0.2, -0.15) is 0 Å². The van der Waals surface area contributed by atoms with Gasteiger partial charge in [-0.3, -0.25) is 9.59 Å². The van der Waals surface area contributed by atoms with E-state index in [1.165, 1.54) is 9.78 Å². The fourth-order valence-corrected chi connectivity index (χ4v) is 4.26. The zero-order valence-corrected chi connectivity index (χ0v) is 18.4. The van der Waals surface area contributed by atoms with Crippen LogP contribution in [-0.4, -0.2) is 46.0 Å². The second-order valence-electron chi connectivity index (χ2n) is 7.37. The summed E-state index contributed by atoms with van der Waals surface area (Å²) in [5, 5.41) is 7.42. The average molecular weight is 415 g/mol. The van der Waals surface area contributed by atoms with Crippen molar-refractivity contribution in [1.29, 1.82) is 0 Å². The summed E-state index contributed by atoms with van der Waals surface area (Å²) in [5.41, 5.74) is 3.02. The molecular formula is C21H26N4O3S. The number of nitrogens with one attached hydrogen (secondary N) is 1. The molecule has 0 bridgehead atoms. The van der Waals surface area contributed by atoms with Gasteiger partial charge in [0.15, 0.2) is 0 Å². The number of carbonyl (C=O) groups excluding carboxylic acids is 2. The highest BCUT2D eigenvalue weighted by Crippen LogP contribution is 2.33. The van der Waals surface area contributed by atoms with Crippen LogP contribution in [0, 0.1) is 20.8 Å². The number of pyridine rings is 1. The number of rotatable bonds is 6. The first kappa shape index (κ1) is 21.0. The van der Waals surface area contributed by atoms with Crippen LogP contribution in [0.25, 0.3) is 22.4 Å². The van der Waals surface area contributed by atoms with Crippen molar-refractivity contribution < 1.29 is 14.1 Å². The Labute approximate surface area is 174 Å². The van der Waals surface area contributed by atoms with E-state index in [9.17, 15) is 9.59 Å². The van der Waals surface area contributed by atoms with Crippen LogP contribution in [0.1, 0.15) is 46.6 Å². The molecule has 0 radical (unpaired) electrons. The van der Waals surface area contributed by atoms with Gasteiger partial charge in [0.25, 0.3) is 11.6 Å². The summed E-state index contributed by atoms with van der Waals surface area (Å²) in [7, 11) is 0. The Morgan fingerprint density at radius 3 is 2.55 bits per heavy atom. The van der Waals surface area contributed by atoms with E-state index in [1.54, 1.807) is 24.3 Å². The van der Waals surface area contributed by atoms with Gasteiger partial charge in [-0.1, -0.05) is 5.16 Å². The minimum atomic E-state index is -0.240. The first-order valence-corrected chi connectivity index (χ1v) is 10.5. The maximum atomic E-state index is 13.4. The lowest BCUT2D eigenvalue weighted by atomic mass is 10.0. The molecule has 0 saturated carbocycles. The molecule has 3 aromatic rings. The molecule has 2 amide bonds. The second-order valence-corrected chi connectivity index (χ2v) is 8.83. The van der Waals surface area contributed by atoms with Crippen molar-refractivity contribution in [2.45, 2.75) is 47.6 Å². The lowest BCUT2D eigenvalue weighted by Gasteiger charge is -2.21. The molecular weight excluding hydrogens is 388 g/mol. The molecule has 0 unspecified atom stereocenters. The third-order valence-corrected chi connectivity index (χ3v) is 5.58. The van der Waals surface area contributed by atoms with E-state index in [0.717, 1.165) is 10.4 Å². The number of aromatic nitrogens is 2. The van der Waals surface area contributed by atoms with Crippen LogP contribution in [0.4, 0.5) is 0 Å². The zero-order valence-electron chi connectivity index (χ0n) is 17.6. The predicted molar refractivity (Wildman–Crippen MR) is 114 cm³/mol. The Kier molecular flexibility index (Phi) is 6.02. The molecule has 0 saturated heterocycles. The zero-order chi connectivity index (χ0) is 21.3. The number of likely N-dealkylation sites (N-methyl/N-ethyl adjacent to an activating group) is 1. The van der Waals surface area contributed by atoms with Crippen molar-refractivity contribution in [2.24, 2.45) is 0 Å². The number of fused-ring (bicyclic) bond motifs is 1. The summed E-state index contributed by atoms with van der Waals surface area (Å²) in [4.78, 5) is 34.0. The maximum absolute atomic E-state index is 13.4. The highest BCUT2D eigenvalue weighted by atomic mass is 32.1. The van der Waals surface area contributed by atoms with E-state index in [-0.39, 0.29) is 24.4 Å². The van der Waals surface area contributed by atoms with E-state index < -0.39 is 0 Å². The molecule has 154 valence electrons. The smallest absolute Gasteiger partial charge is 0.259 e. The van der Waals surface area contributed by atoms with Crippen LogP contribution in [0.3, 0.4) is 0 Å². The number of carbonyl (C=O) groups is 2. The monoisotopic (exact) mass is 414 g/mol. The molecule has 0 aliphatic heterocycles. The van der Waals surface area contributed by atoms with Crippen LogP contribution >= 0.6 is 11.3 Å². The summed E-state index contributed by atoms with van der Waals surface area (Å²) >= 11 is 1.68. The predicted octanol–water partition coefficient (Wildman–Crippen LogP) is 3.86. The Hall–Kier alpha value is -2.74. The number of nitrogens with zero attached hydrogens (tertiary/aromatic N) is 3. The van der Waals surface area contributed by atoms with Gasteiger partial charge in [-0.15, -0.1) is 11.3 Å². The summed E-state index contributed by atoms with van der Waals surface area (Å²) in [5.74, 6) is -0.428. The lowest BCUT2D eigenvalue weighted by Crippen LogP contribution is -2.42. The topological polar surface area (TPSA) is 88.3 Å². The minimum Gasteiger partial charge on any atom is -0.352 e. The third kappa shape index (κ3) is 4.32. The number of thiophene rings is 1. The average Bonchev–Trinajstić information content (AvgIpc) is 3.19. The highest BCUT2D eigenvalue weighted by Gasteiger charge is 2.25. The van der Waals surface area contributed by atoms with E-state index in [0.29, 0.717) is 34.6 Å². The molecule has 0 aliphatic carbocycles. The molecule has 0 fully saturated rings. The van der Waals surface area contributed by atoms with Gasteiger partial charge in [0.2, 0.25) is 5.91 Å². The first-order chi connectivity index (χ1) is 13.7. The summed E-state index contributed by atoms with van der Waals surface area (Å²) < 4.78 is 5.39. The van der Waals surface area contributed by atoms with E-state index >= 15 is 0 Å². The molecule has 0 aliphatic rings. The van der Waals surface area contributed by atoms with Gasteiger partial charge in [-0.05, 0) is 53.7 Å². The normalized spacial score (nSPS) is 11.3. The van der Waals surface area contributed by atoms with Gasteiger partial charge < -0.3 is 14.7 Å². The third-order valence-electron chi connectivity index (χ3n) is 4.62. The number of hydrogen-bond donors (Lipinski definition) is 1. The Bertz CT molecular complexity index is 1070. The molecule has 3 rings (SSSR count). The molecule has 29 heavy (non-hydrogen) atoms. The van der Waals surface area contributed by atoms with Crippen molar-refractivity contribution in [3.8, 4) is 11.3 Å². The Balaban J connectivity index is 2.06. The molecule has 3 heterocycles. The molecule has 0 spiro atoms. The van der Waals surface area contributed by atoms with Crippen LogP contribution in [0.2, 0.25) is 0 Å². The fraction of sp³-hybridized carbons (Fsp3) is 0.429. The maximum Gasteiger partial charge on any atom is 0.259 e. The summed E-state index contributed by atoms with van der Waals surface area (Å²) in [6.07, 6.45) is 0. The lowest BCUT2D eigenvalue weighted by molar-refractivity contribution is -0.122.